The Kier molecular flexibility index (Phi) is 3.51. The number of hydrogen-bond acceptors (Lipinski definition) is 5. The molecule has 2 unspecified atom stereocenters. The number of aliphatic hydroxyl groups is 1. The van der Waals surface area contributed by atoms with E-state index in [0.717, 1.165) is 12.8 Å². The van der Waals surface area contributed by atoms with E-state index in [2.05, 4.69) is 4.90 Å². The van der Waals surface area contributed by atoms with Gasteiger partial charge in [-0.05, 0) is 25.7 Å². The van der Waals surface area contributed by atoms with Crippen LogP contribution in [0.2, 0.25) is 0 Å². The van der Waals surface area contributed by atoms with E-state index in [0.29, 0.717) is 19.0 Å². The third-order valence-electron chi connectivity index (χ3n) is 3.99. The fraction of sp³-hybridized carbons (Fsp3) is 1.00. The summed E-state index contributed by atoms with van der Waals surface area (Å²) >= 11 is 0. The number of sulfone groups is 1. The molecule has 1 saturated heterocycles. The lowest BCUT2D eigenvalue weighted by Crippen LogP contribution is -2.59. The first-order valence-electron chi connectivity index (χ1n) is 6.20. The summed E-state index contributed by atoms with van der Waals surface area (Å²) < 4.78 is 23.0. The number of rotatable bonds is 4. The van der Waals surface area contributed by atoms with Gasteiger partial charge < -0.3 is 10.8 Å². The van der Waals surface area contributed by atoms with Crippen molar-refractivity contribution < 1.29 is 13.5 Å². The maximum Gasteiger partial charge on any atom is 0.153 e. The molecular weight excluding hydrogens is 240 g/mol. The summed E-state index contributed by atoms with van der Waals surface area (Å²) in [5, 5.41) is 9.45. The van der Waals surface area contributed by atoms with Crippen molar-refractivity contribution in [1.82, 2.24) is 4.90 Å². The van der Waals surface area contributed by atoms with Crippen LogP contribution >= 0.6 is 0 Å². The Bertz CT molecular complexity index is 380. The summed E-state index contributed by atoms with van der Waals surface area (Å²) in [5.41, 5.74) is 5.68. The SMILES string of the molecule is CC1CS(=O)(=O)CCN1CC(N)(CO)C1CC1. The van der Waals surface area contributed by atoms with Crippen molar-refractivity contribution in [2.75, 3.05) is 31.2 Å². The number of hydrogen-bond donors (Lipinski definition) is 2. The topological polar surface area (TPSA) is 83.6 Å². The first-order valence-corrected chi connectivity index (χ1v) is 8.03. The predicted octanol–water partition coefficient (Wildman–Crippen LogP) is -0.795. The van der Waals surface area contributed by atoms with Crippen LogP contribution in [0, 0.1) is 5.92 Å². The quantitative estimate of drug-likeness (QED) is 0.693. The smallest absolute Gasteiger partial charge is 0.153 e. The molecule has 0 bridgehead atoms. The highest BCUT2D eigenvalue weighted by Crippen LogP contribution is 2.38. The van der Waals surface area contributed by atoms with Crippen molar-refractivity contribution in [1.29, 1.82) is 0 Å². The molecule has 1 aliphatic heterocycles. The number of aliphatic hydroxyl groups excluding tert-OH is 1. The Morgan fingerprint density at radius 3 is 2.59 bits per heavy atom. The molecule has 0 aromatic heterocycles. The molecule has 2 rings (SSSR count). The summed E-state index contributed by atoms with van der Waals surface area (Å²) in [5.74, 6) is 0.820. The molecule has 6 heteroatoms. The van der Waals surface area contributed by atoms with Crippen LogP contribution in [0.15, 0.2) is 0 Å². The molecule has 5 nitrogen and oxygen atoms in total. The van der Waals surface area contributed by atoms with E-state index in [1.165, 1.54) is 0 Å². The van der Waals surface area contributed by atoms with Crippen molar-refractivity contribution in [2.24, 2.45) is 11.7 Å². The normalized spacial score (nSPS) is 33.2. The minimum atomic E-state index is -2.88. The zero-order valence-corrected chi connectivity index (χ0v) is 11.1. The van der Waals surface area contributed by atoms with Crippen molar-refractivity contribution in [3.63, 3.8) is 0 Å². The molecule has 0 amide bonds. The van der Waals surface area contributed by atoms with Crippen LogP contribution < -0.4 is 5.73 Å². The second kappa shape index (κ2) is 4.50. The van der Waals surface area contributed by atoms with E-state index < -0.39 is 15.4 Å². The van der Waals surface area contributed by atoms with Gasteiger partial charge >= 0.3 is 0 Å². The van der Waals surface area contributed by atoms with Crippen molar-refractivity contribution in [2.45, 2.75) is 31.3 Å². The van der Waals surface area contributed by atoms with Crippen LogP contribution in [-0.4, -0.2) is 61.2 Å². The lowest BCUT2D eigenvalue weighted by molar-refractivity contribution is 0.106. The van der Waals surface area contributed by atoms with Gasteiger partial charge in [-0.2, -0.15) is 0 Å². The minimum Gasteiger partial charge on any atom is -0.394 e. The van der Waals surface area contributed by atoms with Crippen LogP contribution in [0.1, 0.15) is 19.8 Å². The molecule has 1 aliphatic carbocycles. The molecule has 17 heavy (non-hydrogen) atoms. The zero-order chi connectivity index (χ0) is 12.7. The highest BCUT2D eigenvalue weighted by molar-refractivity contribution is 7.91. The van der Waals surface area contributed by atoms with Gasteiger partial charge in [-0.3, -0.25) is 4.90 Å². The molecule has 3 N–H and O–H groups in total. The molecule has 100 valence electrons. The zero-order valence-electron chi connectivity index (χ0n) is 10.3. The molecule has 2 atom stereocenters. The van der Waals surface area contributed by atoms with E-state index >= 15 is 0 Å². The standard InChI is InChI=1S/C11H22N2O3S/c1-9-6-17(15,16)5-4-13(9)7-11(12,8-14)10-2-3-10/h9-10,14H,2-8,12H2,1H3. The molecule has 2 fully saturated rings. The van der Waals surface area contributed by atoms with E-state index in [9.17, 15) is 13.5 Å². The fourth-order valence-corrected chi connectivity index (χ4v) is 4.24. The van der Waals surface area contributed by atoms with Gasteiger partial charge in [-0.15, -0.1) is 0 Å². The lowest BCUT2D eigenvalue weighted by atomic mass is 9.94. The molecule has 1 heterocycles. The van der Waals surface area contributed by atoms with E-state index in [4.69, 9.17) is 5.73 Å². The van der Waals surface area contributed by atoms with Crippen molar-refractivity contribution in [3.8, 4) is 0 Å². The van der Waals surface area contributed by atoms with Gasteiger partial charge in [0.05, 0.1) is 23.7 Å². The van der Waals surface area contributed by atoms with Crippen molar-refractivity contribution >= 4 is 9.84 Å². The second-order valence-electron chi connectivity index (χ2n) is 5.60. The fourth-order valence-electron chi connectivity index (χ4n) is 2.61. The third-order valence-corrected chi connectivity index (χ3v) is 5.79. The Balaban J connectivity index is 1.99. The Labute approximate surface area is 103 Å². The molecule has 0 radical (unpaired) electrons. The van der Waals surface area contributed by atoms with Gasteiger partial charge in [0.25, 0.3) is 0 Å². The summed E-state index contributed by atoms with van der Waals surface area (Å²) in [6.45, 7) is 3.04. The molecular formula is C11H22N2O3S. The van der Waals surface area contributed by atoms with E-state index in [-0.39, 0.29) is 24.2 Å². The van der Waals surface area contributed by atoms with Crippen LogP contribution in [0.4, 0.5) is 0 Å². The predicted molar refractivity (Wildman–Crippen MR) is 66.4 cm³/mol. The minimum absolute atomic E-state index is 0.00183. The summed E-state index contributed by atoms with van der Waals surface area (Å²) in [6, 6.07) is 0.00183. The molecule has 1 saturated carbocycles. The average Bonchev–Trinajstić information content (AvgIpc) is 3.05. The first kappa shape index (κ1) is 13.3. The largest absolute Gasteiger partial charge is 0.394 e. The van der Waals surface area contributed by atoms with Crippen LogP contribution in [0.25, 0.3) is 0 Å². The van der Waals surface area contributed by atoms with Gasteiger partial charge in [0.2, 0.25) is 0 Å². The van der Waals surface area contributed by atoms with Gasteiger partial charge in [0.1, 0.15) is 0 Å². The van der Waals surface area contributed by atoms with Crippen LogP contribution in [0.3, 0.4) is 0 Å². The Morgan fingerprint density at radius 2 is 2.12 bits per heavy atom. The van der Waals surface area contributed by atoms with E-state index in [1.807, 2.05) is 6.92 Å². The maximum atomic E-state index is 11.5. The van der Waals surface area contributed by atoms with Gasteiger partial charge in [0, 0.05) is 19.1 Å². The Hall–Kier alpha value is -0.170. The number of nitrogens with zero attached hydrogens (tertiary/aromatic N) is 1. The van der Waals surface area contributed by atoms with Crippen LogP contribution in [0.5, 0.6) is 0 Å². The molecule has 2 aliphatic rings. The molecule has 0 aromatic rings. The van der Waals surface area contributed by atoms with Crippen LogP contribution in [-0.2, 0) is 9.84 Å². The number of nitrogens with two attached hydrogens (primary N) is 1. The van der Waals surface area contributed by atoms with E-state index in [1.54, 1.807) is 0 Å². The lowest BCUT2D eigenvalue weighted by Gasteiger charge is -2.39. The third kappa shape index (κ3) is 2.99. The van der Waals surface area contributed by atoms with Gasteiger partial charge in [-0.1, -0.05) is 0 Å². The average molecular weight is 262 g/mol. The first-order chi connectivity index (χ1) is 7.86. The summed E-state index contributed by atoms with van der Waals surface area (Å²) in [7, 11) is -2.88. The maximum absolute atomic E-state index is 11.5. The molecule has 0 aromatic carbocycles. The summed E-state index contributed by atoms with van der Waals surface area (Å²) in [4.78, 5) is 2.11. The van der Waals surface area contributed by atoms with Crippen molar-refractivity contribution in [3.05, 3.63) is 0 Å². The highest BCUT2D eigenvalue weighted by atomic mass is 32.2. The summed E-state index contributed by atoms with van der Waals surface area (Å²) in [6.07, 6.45) is 2.16. The Morgan fingerprint density at radius 1 is 1.47 bits per heavy atom. The monoisotopic (exact) mass is 262 g/mol. The molecule has 0 spiro atoms. The second-order valence-corrected chi connectivity index (χ2v) is 7.83. The highest BCUT2D eigenvalue weighted by Gasteiger charge is 2.44. The van der Waals surface area contributed by atoms with Gasteiger partial charge in [-0.25, -0.2) is 8.42 Å². The van der Waals surface area contributed by atoms with Gasteiger partial charge in [0.15, 0.2) is 9.84 Å².